The van der Waals surface area contributed by atoms with Crippen LogP contribution in [0.1, 0.15) is 31.3 Å². The SMILES string of the molecule is CCc1ccc(CSC2CCNCC2)o1. The highest BCUT2D eigenvalue weighted by atomic mass is 32.2. The van der Waals surface area contributed by atoms with Gasteiger partial charge in [0, 0.05) is 11.7 Å². The van der Waals surface area contributed by atoms with Gasteiger partial charge in [-0.3, -0.25) is 0 Å². The minimum atomic E-state index is 0.821. The van der Waals surface area contributed by atoms with Crippen LogP contribution in [0.2, 0.25) is 0 Å². The van der Waals surface area contributed by atoms with Gasteiger partial charge in [0.15, 0.2) is 0 Å². The second-order valence-corrected chi connectivity index (χ2v) is 5.27. The van der Waals surface area contributed by atoms with Crippen LogP contribution in [0, 0.1) is 0 Å². The zero-order valence-electron chi connectivity index (χ0n) is 9.29. The average molecular weight is 225 g/mol. The van der Waals surface area contributed by atoms with Gasteiger partial charge >= 0.3 is 0 Å². The smallest absolute Gasteiger partial charge is 0.114 e. The van der Waals surface area contributed by atoms with E-state index in [2.05, 4.69) is 24.4 Å². The molecule has 0 bridgehead atoms. The first kappa shape index (κ1) is 11.1. The number of rotatable bonds is 4. The third-order valence-corrected chi connectivity index (χ3v) is 4.21. The zero-order chi connectivity index (χ0) is 10.5. The van der Waals surface area contributed by atoms with Crippen molar-refractivity contribution in [2.75, 3.05) is 13.1 Å². The molecule has 1 fully saturated rings. The fourth-order valence-electron chi connectivity index (χ4n) is 1.85. The van der Waals surface area contributed by atoms with Crippen LogP contribution in [0.4, 0.5) is 0 Å². The molecule has 15 heavy (non-hydrogen) atoms. The summed E-state index contributed by atoms with van der Waals surface area (Å²) >= 11 is 2.04. The van der Waals surface area contributed by atoms with Gasteiger partial charge in [0.25, 0.3) is 0 Å². The summed E-state index contributed by atoms with van der Waals surface area (Å²) in [5, 5.41) is 4.21. The van der Waals surface area contributed by atoms with Crippen molar-refractivity contribution >= 4 is 11.8 Å². The van der Waals surface area contributed by atoms with E-state index in [-0.39, 0.29) is 0 Å². The van der Waals surface area contributed by atoms with Crippen LogP contribution in [0.25, 0.3) is 0 Å². The zero-order valence-corrected chi connectivity index (χ0v) is 10.1. The lowest BCUT2D eigenvalue weighted by molar-refractivity contribution is 0.484. The maximum Gasteiger partial charge on any atom is 0.114 e. The molecule has 0 amide bonds. The summed E-state index contributed by atoms with van der Waals surface area (Å²) in [5.41, 5.74) is 0. The molecular weight excluding hydrogens is 206 g/mol. The summed E-state index contributed by atoms with van der Waals surface area (Å²) < 4.78 is 5.69. The number of nitrogens with one attached hydrogen (secondary N) is 1. The first-order chi connectivity index (χ1) is 7.38. The number of thioether (sulfide) groups is 1. The quantitative estimate of drug-likeness (QED) is 0.853. The third kappa shape index (κ3) is 3.28. The van der Waals surface area contributed by atoms with Crippen molar-refractivity contribution in [2.24, 2.45) is 0 Å². The Morgan fingerprint density at radius 2 is 2.07 bits per heavy atom. The van der Waals surface area contributed by atoms with Crippen molar-refractivity contribution in [1.82, 2.24) is 5.32 Å². The molecule has 1 aromatic rings. The van der Waals surface area contributed by atoms with Gasteiger partial charge in [-0.05, 0) is 38.1 Å². The van der Waals surface area contributed by atoms with Crippen molar-refractivity contribution in [1.29, 1.82) is 0 Å². The molecule has 1 N–H and O–H groups in total. The first-order valence-corrected chi connectivity index (χ1v) is 6.83. The highest BCUT2D eigenvalue weighted by Crippen LogP contribution is 2.25. The van der Waals surface area contributed by atoms with E-state index in [0.717, 1.165) is 28.9 Å². The average Bonchev–Trinajstić information content (AvgIpc) is 2.76. The molecule has 0 spiro atoms. The molecule has 0 atom stereocenters. The monoisotopic (exact) mass is 225 g/mol. The molecule has 1 saturated heterocycles. The molecular formula is C12H19NOS. The fourth-order valence-corrected chi connectivity index (χ4v) is 2.98. The summed E-state index contributed by atoms with van der Waals surface area (Å²) in [6, 6.07) is 4.21. The Kier molecular flexibility index (Phi) is 4.15. The van der Waals surface area contributed by atoms with Crippen LogP contribution < -0.4 is 5.32 Å². The van der Waals surface area contributed by atoms with Crippen molar-refractivity contribution in [3.05, 3.63) is 23.7 Å². The maximum atomic E-state index is 5.69. The molecule has 3 heteroatoms. The van der Waals surface area contributed by atoms with Crippen molar-refractivity contribution < 1.29 is 4.42 Å². The largest absolute Gasteiger partial charge is 0.465 e. The van der Waals surface area contributed by atoms with Crippen LogP contribution in [-0.4, -0.2) is 18.3 Å². The molecule has 2 nitrogen and oxygen atoms in total. The van der Waals surface area contributed by atoms with Gasteiger partial charge < -0.3 is 9.73 Å². The maximum absolute atomic E-state index is 5.69. The molecule has 1 aromatic heterocycles. The Hall–Kier alpha value is -0.410. The number of hydrogen-bond donors (Lipinski definition) is 1. The van der Waals surface area contributed by atoms with Gasteiger partial charge in [-0.15, -0.1) is 0 Å². The molecule has 0 unspecified atom stereocenters. The van der Waals surface area contributed by atoms with Gasteiger partial charge in [0.05, 0.1) is 5.75 Å². The lowest BCUT2D eigenvalue weighted by atomic mass is 10.2. The van der Waals surface area contributed by atoms with Crippen molar-refractivity contribution in [3.63, 3.8) is 0 Å². The van der Waals surface area contributed by atoms with E-state index >= 15 is 0 Å². The summed E-state index contributed by atoms with van der Waals surface area (Å²) in [6.07, 6.45) is 3.59. The number of furan rings is 1. The van der Waals surface area contributed by atoms with Gasteiger partial charge in [0.1, 0.15) is 11.5 Å². The lowest BCUT2D eigenvalue weighted by Gasteiger charge is -2.21. The summed E-state index contributed by atoms with van der Waals surface area (Å²) in [6.45, 7) is 4.48. The molecule has 2 heterocycles. The standard InChI is InChI=1S/C12H19NOS/c1-2-10-3-4-11(14-10)9-15-12-5-7-13-8-6-12/h3-4,12-13H,2,5-9H2,1H3. The lowest BCUT2D eigenvalue weighted by Crippen LogP contribution is -2.29. The molecule has 0 saturated carbocycles. The van der Waals surface area contributed by atoms with Crippen LogP contribution in [0.3, 0.4) is 0 Å². The predicted octanol–water partition coefficient (Wildman–Crippen LogP) is 2.83. The van der Waals surface area contributed by atoms with Crippen LogP contribution in [0.5, 0.6) is 0 Å². The van der Waals surface area contributed by atoms with Gasteiger partial charge in [-0.1, -0.05) is 6.92 Å². The molecule has 1 aliphatic rings. The second-order valence-electron chi connectivity index (χ2n) is 3.98. The normalized spacial score (nSPS) is 18.2. The molecule has 1 aliphatic heterocycles. The number of aryl methyl sites for hydroxylation is 1. The number of hydrogen-bond acceptors (Lipinski definition) is 3. The minimum Gasteiger partial charge on any atom is -0.465 e. The summed E-state index contributed by atoms with van der Waals surface area (Å²) in [4.78, 5) is 0. The highest BCUT2D eigenvalue weighted by molar-refractivity contribution is 7.99. The summed E-state index contributed by atoms with van der Waals surface area (Å²) in [7, 11) is 0. The Bertz CT molecular complexity index is 292. The van der Waals surface area contributed by atoms with Crippen LogP contribution in [-0.2, 0) is 12.2 Å². The third-order valence-electron chi connectivity index (χ3n) is 2.81. The Morgan fingerprint density at radius 3 is 2.73 bits per heavy atom. The molecule has 2 rings (SSSR count). The van der Waals surface area contributed by atoms with E-state index in [0.29, 0.717) is 0 Å². The van der Waals surface area contributed by atoms with Gasteiger partial charge in [-0.25, -0.2) is 0 Å². The molecule has 0 aliphatic carbocycles. The van der Waals surface area contributed by atoms with E-state index in [4.69, 9.17) is 4.42 Å². The van der Waals surface area contributed by atoms with E-state index < -0.39 is 0 Å². The first-order valence-electron chi connectivity index (χ1n) is 5.78. The topological polar surface area (TPSA) is 25.2 Å². The van der Waals surface area contributed by atoms with E-state index in [1.807, 2.05) is 11.8 Å². The Morgan fingerprint density at radius 1 is 1.33 bits per heavy atom. The van der Waals surface area contributed by atoms with Crippen molar-refractivity contribution in [3.8, 4) is 0 Å². The van der Waals surface area contributed by atoms with E-state index in [1.54, 1.807) is 0 Å². The Labute approximate surface area is 95.8 Å². The summed E-state index contributed by atoms with van der Waals surface area (Å²) in [5.74, 6) is 3.27. The van der Waals surface area contributed by atoms with E-state index in [9.17, 15) is 0 Å². The number of piperidine rings is 1. The molecule has 84 valence electrons. The highest BCUT2D eigenvalue weighted by Gasteiger charge is 2.13. The van der Waals surface area contributed by atoms with E-state index in [1.165, 1.54) is 25.9 Å². The van der Waals surface area contributed by atoms with Gasteiger partial charge in [0.2, 0.25) is 0 Å². The minimum absolute atomic E-state index is 0.821. The van der Waals surface area contributed by atoms with Gasteiger partial charge in [-0.2, -0.15) is 11.8 Å². The van der Waals surface area contributed by atoms with Crippen LogP contribution >= 0.6 is 11.8 Å². The second kappa shape index (κ2) is 5.61. The predicted molar refractivity (Wildman–Crippen MR) is 65.3 cm³/mol. The molecule has 0 radical (unpaired) electrons. The fraction of sp³-hybridized carbons (Fsp3) is 0.667. The molecule has 0 aromatic carbocycles. The van der Waals surface area contributed by atoms with Crippen molar-refractivity contribution in [2.45, 2.75) is 37.2 Å². The van der Waals surface area contributed by atoms with Crippen LogP contribution in [0.15, 0.2) is 16.5 Å². The Balaban J connectivity index is 1.76.